The number of anilines is 2. The van der Waals surface area contributed by atoms with Crippen LogP contribution < -0.4 is 16.4 Å². The lowest BCUT2D eigenvalue weighted by Gasteiger charge is -2.08. The smallest absolute Gasteiger partial charge is 0.419 e. The van der Waals surface area contributed by atoms with Gasteiger partial charge in [0, 0.05) is 35.4 Å². The van der Waals surface area contributed by atoms with Gasteiger partial charge in [0.05, 0.1) is 11.8 Å². The number of halogens is 1. The number of aryl methyl sites for hydroxylation is 1. The average Bonchev–Trinajstić information content (AvgIpc) is 3.34. The Hall–Kier alpha value is -3.78. The van der Waals surface area contributed by atoms with Gasteiger partial charge in [0.1, 0.15) is 0 Å². The number of benzene rings is 2. The molecule has 2 heterocycles. The molecule has 0 aliphatic rings. The van der Waals surface area contributed by atoms with E-state index in [0.717, 1.165) is 0 Å². The minimum Gasteiger partial charge on any atom is -0.459 e. The minimum atomic E-state index is -0.553. The van der Waals surface area contributed by atoms with Crippen LogP contribution in [0.2, 0.25) is 5.02 Å². The molecular formula is C21H16ClN3O5. The highest BCUT2D eigenvalue weighted by molar-refractivity contribution is 6.31. The number of aromatic nitrogens is 1. The van der Waals surface area contributed by atoms with E-state index in [2.05, 4.69) is 10.6 Å². The molecule has 0 fully saturated rings. The quantitative estimate of drug-likeness (QED) is 0.483. The fourth-order valence-corrected chi connectivity index (χ4v) is 3.13. The SMILES string of the molecule is O=C(CCn1c(=O)oc2cc(Cl)ccc21)Nc1cccc(NC(=O)c2ccco2)c1. The zero-order valence-corrected chi connectivity index (χ0v) is 16.3. The Balaban J connectivity index is 1.39. The molecule has 2 N–H and O–H groups in total. The van der Waals surface area contributed by atoms with E-state index in [4.69, 9.17) is 20.4 Å². The topological polar surface area (TPSA) is 106 Å². The van der Waals surface area contributed by atoms with E-state index in [9.17, 15) is 14.4 Å². The molecule has 2 aromatic carbocycles. The molecule has 9 heteroatoms. The van der Waals surface area contributed by atoms with Crippen molar-refractivity contribution in [3.63, 3.8) is 0 Å². The van der Waals surface area contributed by atoms with Crippen molar-refractivity contribution in [3.8, 4) is 0 Å². The van der Waals surface area contributed by atoms with Crippen LogP contribution in [0.3, 0.4) is 0 Å². The van der Waals surface area contributed by atoms with Crippen LogP contribution in [0.25, 0.3) is 11.1 Å². The van der Waals surface area contributed by atoms with Crippen LogP contribution in [-0.4, -0.2) is 16.4 Å². The molecule has 0 unspecified atom stereocenters. The van der Waals surface area contributed by atoms with Crippen LogP contribution in [0.1, 0.15) is 17.0 Å². The van der Waals surface area contributed by atoms with Gasteiger partial charge >= 0.3 is 5.76 Å². The molecule has 0 atom stereocenters. The first kappa shape index (κ1) is 19.5. The number of rotatable bonds is 6. The van der Waals surface area contributed by atoms with Gasteiger partial charge in [-0.25, -0.2) is 4.79 Å². The summed E-state index contributed by atoms with van der Waals surface area (Å²) in [5.41, 5.74) is 1.95. The number of carbonyl (C=O) groups is 2. The van der Waals surface area contributed by atoms with Crippen LogP contribution in [0.4, 0.5) is 11.4 Å². The standard InChI is InChI=1S/C21H16ClN3O5/c22-13-6-7-16-18(11-13)30-21(28)25(16)9-8-19(26)23-14-3-1-4-15(12-14)24-20(27)17-5-2-10-29-17/h1-7,10-12H,8-9H2,(H,23,26)(H,24,27). The van der Waals surface area contributed by atoms with Gasteiger partial charge in [0.2, 0.25) is 5.91 Å². The summed E-state index contributed by atoms with van der Waals surface area (Å²) in [5.74, 6) is -1.05. The molecule has 4 rings (SSSR count). The minimum absolute atomic E-state index is 0.0557. The second-order valence-electron chi connectivity index (χ2n) is 6.44. The number of amides is 2. The summed E-state index contributed by atoms with van der Waals surface area (Å²) in [6.45, 7) is 0.147. The van der Waals surface area contributed by atoms with E-state index in [1.165, 1.54) is 10.8 Å². The summed E-state index contributed by atoms with van der Waals surface area (Å²) < 4.78 is 11.6. The van der Waals surface area contributed by atoms with Crippen molar-refractivity contribution in [3.05, 3.63) is 82.2 Å². The summed E-state index contributed by atoms with van der Waals surface area (Å²) in [5, 5.41) is 5.90. The molecule has 0 radical (unpaired) electrons. The van der Waals surface area contributed by atoms with E-state index in [1.54, 1.807) is 54.6 Å². The van der Waals surface area contributed by atoms with Crippen molar-refractivity contribution in [1.82, 2.24) is 4.57 Å². The first-order valence-electron chi connectivity index (χ1n) is 9.03. The van der Waals surface area contributed by atoms with Crippen molar-refractivity contribution in [2.45, 2.75) is 13.0 Å². The second-order valence-corrected chi connectivity index (χ2v) is 6.88. The summed E-state index contributed by atoms with van der Waals surface area (Å²) >= 11 is 5.90. The molecular weight excluding hydrogens is 410 g/mol. The predicted molar refractivity (Wildman–Crippen MR) is 112 cm³/mol. The third-order valence-corrected chi connectivity index (χ3v) is 4.58. The number of fused-ring (bicyclic) bond motifs is 1. The van der Waals surface area contributed by atoms with Crippen molar-refractivity contribution >= 4 is 45.9 Å². The third-order valence-electron chi connectivity index (χ3n) is 4.34. The normalized spacial score (nSPS) is 10.8. The number of furan rings is 1. The number of hydrogen-bond donors (Lipinski definition) is 2. The van der Waals surface area contributed by atoms with Crippen LogP contribution in [0.5, 0.6) is 0 Å². The van der Waals surface area contributed by atoms with Gasteiger partial charge < -0.3 is 19.5 Å². The molecule has 0 bridgehead atoms. The fraction of sp³-hybridized carbons (Fsp3) is 0.0952. The lowest BCUT2D eigenvalue weighted by Crippen LogP contribution is -2.20. The average molecular weight is 426 g/mol. The first-order chi connectivity index (χ1) is 14.5. The Morgan fingerprint density at radius 1 is 1.00 bits per heavy atom. The van der Waals surface area contributed by atoms with E-state index in [-0.39, 0.29) is 24.6 Å². The summed E-state index contributed by atoms with van der Waals surface area (Å²) in [7, 11) is 0. The van der Waals surface area contributed by atoms with Gasteiger partial charge in [-0.3, -0.25) is 14.2 Å². The van der Waals surface area contributed by atoms with Crippen molar-refractivity contribution < 1.29 is 18.4 Å². The van der Waals surface area contributed by atoms with E-state index < -0.39 is 11.7 Å². The summed E-state index contributed by atoms with van der Waals surface area (Å²) in [6.07, 6.45) is 1.47. The monoisotopic (exact) mass is 425 g/mol. The lowest BCUT2D eigenvalue weighted by molar-refractivity contribution is -0.116. The summed E-state index contributed by atoms with van der Waals surface area (Å²) in [4.78, 5) is 36.4. The van der Waals surface area contributed by atoms with Gasteiger partial charge in [-0.15, -0.1) is 0 Å². The zero-order valence-electron chi connectivity index (χ0n) is 15.6. The molecule has 0 saturated carbocycles. The van der Waals surface area contributed by atoms with E-state index in [0.29, 0.717) is 27.5 Å². The maximum absolute atomic E-state index is 12.3. The highest BCUT2D eigenvalue weighted by Gasteiger charge is 2.12. The van der Waals surface area contributed by atoms with Crippen LogP contribution in [0, 0.1) is 0 Å². The second kappa shape index (κ2) is 8.30. The molecule has 30 heavy (non-hydrogen) atoms. The number of oxazole rings is 1. The van der Waals surface area contributed by atoms with Crippen molar-refractivity contribution in [2.75, 3.05) is 10.6 Å². The molecule has 152 valence electrons. The highest BCUT2D eigenvalue weighted by Crippen LogP contribution is 2.19. The molecule has 2 aromatic heterocycles. The largest absolute Gasteiger partial charge is 0.459 e. The van der Waals surface area contributed by atoms with Crippen molar-refractivity contribution in [2.24, 2.45) is 0 Å². The zero-order chi connectivity index (χ0) is 21.1. The Kier molecular flexibility index (Phi) is 5.40. The molecule has 4 aromatic rings. The number of nitrogens with one attached hydrogen (secondary N) is 2. The van der Waals surface area contributed by atoms with Gasteiger partial charge in [-0.05, 0) is 42.5 Å². The molecule has 8 nitrogen and oxygen atoms in total. The Labute approximate surface area is 175 Å². The number of carbonyl (C=O) groups excluding carboxylic acids is 2. The predicted octanol–water partition coefficient (Wildman–Crippen LogP) is 4.12. The maximum Gasteiger partial charge on any atom is 0.419 e. The maximum atomic E-state index is 12.3. The van der Waals surface area contributed by atoms with Gasteiger partial charge in [-0.1, -0.05) is 17.7 Å². The van der Waals surface area contributed by atoms with Gasteiger partial charge in [-0.2, -0.15) is 0 Å². The van der Waals surface area contributed by atoms with Gasteiger partial charge in [0.25, 0.3) is 5.91 Å². The molecule has 0 saturated heterocycles. The van der Waals surface area contributed by atoms with Gasteiger partial charge in [0.15, 0.2) is 11.3 Å². The highest BCUT2D eigenvalue weighted by atomic mass is 35.5. The Bertz CT molecular complexity index is 1270. The van der Waals surface area contributed by atoms with E-state index in [1.807, 2.05) is 0 Å². The molecule has 0 spiro atoms. The fourth-order valence-electron chi connectivity index (χ4n) is 2.96. The van der Waals surface area contributed by atoms with Crippen LogP contribution >= 0.6 is 11.6 Å². The number of nitrogens with zero attached hydrogens (tertiary/aromatic N) is 1. The van der Waals surface area contributed by atoms with Crippen LogP contribution in [-0.2, 0) is 11.3 Å². The molecule has 0 aliphatic carbocycles. The van der Waals surface area contributed by atoms with Crippen LogP contribution in [0.15, 0.2) is 74.5 Å². The summed E-state index contributed by atoms with van der Waals surface area (Å²) in [6, 6.07) is 14.8. The third kappa shape index (κ3) is 4.28. The Morgan fingerprint density at radius 2 is 1.80 bits per heavy atom. The number of hydrogen-bond acceptors (Lipinski definition) is 5. The molecule has 0 aliphatic heterocycles. The first-order valence-corrected chi connectivity index (χ1v) is 9.41. The van der Waals surface area contributed by atoms with Crippen molar-refractivity contribution in [1.29, 1.82) is 0 Å². The Morgan fingerprint density at radius 3 is 2.57 bits per heavy atom. The lowest BCUT2D eigenvalue weighted by atomic mass is 10.2. The molecule has 2 amide bonds. The van der Waals surface area contributed by atoms with E-state index >= 15 is 0 Å².